The molecule has 0 spiro atoms. The number of oxazole rings is 1. The number of hydrogen-bond donors (Lipinski definition) is 0. The first-order chi connectivity index (χ1) is 12.7. The highest BCUT2D eigenvalue weighted by Gasteiger charge is 2.23. The molecule has 3 aromatic rings. The fraction of sp³-hybridized carbons (Fsp3) is 0.348. The first kappa shape index (κ1) is 17.0. The van der Waals surface area contributed by atoms with E-state index in [4.69, 9.17) is 9.40 Å². The van der Waals surface area contributed by atoms with Crippen molar-refractivity contribution in [3.8, 4) is 11.5 Å². The Labute approximate surface area is 155 Å². The Balaban J connectivity index is 1.50. The van der Waals surface area contributed by atoms with Gasteiger partial charge in [0.2, 0.25) is 5.89 Å². The molecule has 3 nitrogen and oxygen atoms in total. The van der Waals surface area contributed by atoms with Crippen molar-refractivity contribution >= 4 is 0 Å². The summed E-state index contributed by atoms with van der Waals surface area (Å²) < 4.78 is 6.00. The van der Waals surface area contributed by atoms with Crippen molar-refractivity contribution in [2.45, 2.75) is 39.2 Å². The van der Waals surface area contributed by atoms with Crippen LogP contribution >= 0.6 is 0 Å². The standard InChI is InChI=1S/C23H26N2O/c1-17-9-6-7-13-21(17)23-24-22(18(2)26-23)16-25-14-8-12-20(15-25)19-10-4-3-5-11-19/h3-7,9-11,13,20H,8,12,14-16H2,1-2H3/t20-/m0/s1. The average molecular weight is 346 g/mol. The molecule has 3 heteroatoms. The molecule has 4 rings (SSSR count). The second-order valence-corrected chi connectivity index (χ2v) is 7.32. The Hall–Kier alpha value is -2.39. The fourth-order valence-corrected chi connectivity index (χ4v) is 3.91. The second-order valence-electron chi connectivity index (χ2n) is 7.32. The van der Waals surface area contributed by atoms with Crippen LogP contribution in [0, 0.1) is 13.8 Å². The molecule has 0 N–H and O–H groups in total. The van der Waals surface area contributed by atoms with Crippen molar-refractivity contribution in [2.24, 2.45) is 0 Å². The first-order valence-corrected chi connectivity index (χ1v) is 9.50. The SMILES string of the molecule is Cc1ccccc1-c1nc(CN2CCC[C@H](c3ccccc3)C2)c(C)o1. The molecular weight excluding hydrogens is 320 g/mol. The summed E-state index contributed by atoms with van der Waals surface area (Å²) >= 11 is 0. The molecule has 26 heavy (non-hydrogen) atoms. The van der Waals surface area contributed by atoms with E-state index in [1.807, 2.05) is 19.1 Å². The predicted octanol–water partition coefficient (Wildman–Crippen LogP) is 5.34. The number of piperidine rings is 1. The Morgan fingerprint density at radius 1 is 1.04 bits per heavy atom. The second kappa shape index (κ2) is 7.46. The molecule has 2 heterocycles. The van der Waals surface area contributed by atoms with Gasteiger partial charge in [-0.1, -0.05) is 48.5 Å². The lowest BCUT2D eigenvalue weighted by Crippen LogP contribution is -2.34. The summed E-state index contributed by atoms with van der Waals surface area (Å²) in [4.78, 5) is 7.35. The molecule has 0 bridgehead atoms. The van der Waals surface area contributed by atoms with E-state index in [0.29, 0.717) is 5.92 Å². The van der Waals surface area contributed by atoms with Crippen LogP contribution < -0.4 is 0 Å². The summed E-state index contributed by atoms with van der Waals surface area (Å²) in [7, 11) is 0. The number of likely N-dealkylation sites (tertiary alicyclic amines) is 1. The average Bonchev–Trinajstić information content (AvgIpc) is 3.03. The van der Waals surface area contributed by atoms with Crippen LogP contribution in [-0.4, -0.2) is 23.0 Å². The quantitative estimate of drug-likeness (QED) is 0.639. The predicted molar refractivity (Wildman–Crippen MR) is 105 cm³/mol. The molecular formula is C23H26N2O. The monoisotopic (exact) mass is 346 g/mol. The smallest absolute Gasteiger partial charge is 0.226 e. The Morgan fingerprint density at radius 2 is 1.81 bits per heavy atom. The van der Waals surface area contributed by atoms with Crippen LogP contribution in [-0.2, 0) is 6.54 Å². The van der Waals surface area contributed by atoms with Gasteiger partial charge in [-0.3, -0.25) is 4.90 Å². The first-order valence-electron chi connectivity index (χ1n) is 9.50. The van der Waals surface area contributed by atoms with Crippen molar-refractivity contribution in [3.05, 3.63) is 77.2 Å². The molecule has 1 saturated heterocycles. The third kappa shape index (κ3) is 3.58. The van der Waals surface area contributed by atoms with E-state index >= 15 is 0 Å². The van der Waals surface area contributed by atoms with Gasteiger partial charge in [0.15, 0.2) is 0 Å². The summed E-state index contributed by atoms with van der Waals surface area (Å²) in [6.45, 7) is 7.22. The third-order valence-electron chi connectivity index (χ3n) is 5.42. The number of nitrogens with zero attached hydrogens (tertiary/aromatic N) is 2. The maximum atomic E-state index is 6.00. The lowest BCUT2D eigenvalue weighted by Gasteiger charge is -2.32. The van der Waals surface area contributed by atoms with Crippen LogP contribution in [0.15, 0.2) is 59.0 Å². The summed E-state index contributed by atoms with van der Waals surface area (Å²) in [5, 5.41) is 0. The molecule has 0 unspecified atom stereocenters. The van der Waals surface area contributed by atoms with Crippen LogP contribution in [0.2, 0.25) is 0 Å². The highest BCUT2D eigenvalue weighted by atomic mass is 16.4. The van der Waals surface area contributed by atoms with Crippen LogP contribution in [0.25, 0.3) is 11.5 Å². The summed E-state index contributed by atoms with van der Waals surface area (Å²) in [6, 6.07) is 19.2. The Bertz CT molecular complexity index is 869. The fourth-order valence-electron chi connectivity index (χ4n) is 3.91. The third-order valence-corrected chi connectivity index (χ3v) is 5.42. The van der Waals surface area contributed by atoms with Gasteiger partial charge in [0, 0.05) is 18.7 Å². The summed E-state index contributed by atoms with van der Waals surface area (Å²) in [5.41, 5.74) is 4.80. The lowest BCUT2D eigenvalue weighted by molar-refractivity contribution is 0.197. The van der Waals surface area contributed by atoms with Gasteiger partial charge in [0.05, 0.1) is 5.69 Å². The zero-order valence-corrected chi connectivity index (χ0v) is 15.6. The maximum absolute atomic E-state index is 6.00. The minimum atomic E-state index is 0.619. The molecule has 1 aliphatic heterocycles. The molecule has 1 fully saturated rings. The molecule has 2 aromatic carbocycles. The van der Waals surface area contributed by atoms with E-state index in [-0.39, 0.29) is 0 Å². The van der Waals surface area contributed by atoms with Gasteiger partial charge in [0.25, 0.3) is 0 Å². The topological polar surface area (TPSA) is 29.3 Å². The van der Waals surface area contributed by atoms with E-state index in [0.717, 1.165) is 42.5 Å². The van der Waals surface area contributed by atoms with Crippen molar-refractivity contribution in [2.75, 3.05) is 13.1 Å². The molecule has 1 aromatic heterocycles. The van der Waals surface area contributed by atoms with Gasteiger partial charge in [-0.05, 0) is 56.3 Å². The van der Waals surface area contributed by atoms with Crippen molar-refractivity contribution in [1.29, 1.82) is 0 Å². The molecule has 0 saturated carbocycles. The van der Waals surface area contributed by atoms with Gasteiger partial charge in [-0.15, -0.1) is 0 Å². The van der Waals surface area contributed by atoms with E-state index in [1.165, 1.54) is 24.0 Å². The van der Waals surface area contributed by atoms with Crippen molar-refractivity contribution < 1.29 is 4.42 Å². The number of benzene rings is 2. The molecule has 0 aliphatic carbocycles. The minimum Gasteiger partial charge on any atom is -0.441 e. The van der Waals surface area contributed by atoms with Gasteiger partial charge >= 0.3 is 0 Å². The molecule has 134 valence electrons. The van der Waals surface area contributed by atoms with Gasteiger partial charge < -0.3 is 4.42 Å². The minimum absolute atomic E-state index is 0.619. The molecule has 1 atom stereocenters. The number of rotatable bonds is 4. The zero-order valence-electron chi connectivity index (χ0n) is 15.6. The number of aryl methyl sites for hydroxylation is 2. The van der Waals surface area contributed by atoms with Crippen LogP contribution in [0.4, 0.5) is 0 Å². The molecule has 0 radical (unpaired) electrons. The normalized spacial score (nSPS) is 18.2. The highest BCUT2D eigenvalue weighted by Crippen LogP contribution is 2.29. The van der Waals surface area contributed by atoms with E-state index in [1.54, 1.807) is 0 Å². The van der Waals surface area contributed by atoms with Gasteiger partial charge in [0.1, 0.15) is 5.76 Å². The lowest BCUT2D eigenvalue weighted by atomic mass is 9.90. The van der Waals surface area contributed by atoms with E-state index in [2.05, 4.69) is 54.3 Å². The maximum Gasteiger partial charge on any atom is 0.226 e. The highest BCUT2D eigenvalue weighted by molar-refractivity contribution is 5.58. The summed E-state index contributed by atoms with van der Waals surface area (Å²) in [6.07, 6.45) is 2.51. The summed E-state index contributed by atoms with van der Waals surface area (Å²) in [5.74, 6) is 2.30. The number of aromatic nitrogens is 1. The molecule has 0 amide bonds. The van der Waals surface area contributed by atoms with Crippen molar-refractivity contribution in [1.82, 2.24) is 9.88 Å². The zero-order chi connectivity index (χ0) is 17.9. The van der Waals surface area contributed by atoms with E-state index < -0.39 is 0 Å². The number of hydrogen-bond acceptors (Lipinski definition) is 3. The van der Waals surface area contributed by atoms with Crippen molar-refractivity contribution in [3.63, 3.8) is 0 Å². The Kier molecular flexibility index (Phi) is 4.89. The van der Waals surface area contributed by atoms with Gasteiger partial charge in [-0.25, -0.2) is 4.98 Å². The molecule has 1 aliphatic rings. The van der Waals surface area contributed by atoms with Gasteiger partial charge in [-0.2, -0.15) is 0 Å². The van der Waals surface area contributed by atoms with Crippen LogP contribution in [0.1, 0.15) is 41.3 Å². The van der Waals surface area contributed by atoms with E-state index in [9.17, 15) is 0 Å². The largest absolute Gasteiger partial charge is 0.441 e. The van der Waals surface area contributed by atoms with Crippen LogP contribution in [0.5, 0.6) is 0 Å². The Morgan fingerprint density at radius 3 is 2.62 bits per heavy atom. The van der Waals surface area contributed by atoms with Crippen LogP contribution in [0.3, 0.4) is 0 Å².